The first-order valence-electron chi connectivity index (χ1n) is 8.79. The second-order valence-electron chi connectivity index (χ2n) is 6.87. The van der Waals surface area contributed by atoms with E-state index in [-0.39, 0.29) is 11.9 Å². The summed E-state index contributed by atoms with van der Waals surface area (Å²) in [7, 11) is 0. The third kappa shape index (κ3) is 3.01. The molecule has 4 rings (SSSR count). The number of fused-ring (bicyclic) bond motifs is 1. The Morgan fingerprint density at radius 2 is 1.91 bits per heavy atom. The molecule has 122 valence electrons. The van der Waals surface area contributed by atoms with Gasteiger partial charge in [0.25, 0.3) is 0 Å². The Hall–Kier alpha value is -1.42. The Bertz CT molecular complexity index is 673. The summed E-state index contributed by atoms with van der Waals surface area (Å²) in [6.07, 6.45) is 4.75. The molecular weight excluding hydrogens is 286 g/mol. The molecule has 3 heteroatoms. The van der Waals surface area contributed by atoms with Crippen LogP contribution in [0.25, 0.3) is 10.8 Å². The molecule has 1 aliphatic heterocycles. The highest BCUT2D eigenvalue weighted by molar-refractivity contribution is 5.86. The average Bonchev–Trinajstić information content (AvgIpc) is 3.22. The molecule has 23 heavy (non-hydrogen) atoms. The van der Waals surface area contributed by atoms with Crippen molar-refractivity contribution in [2.75, 3.05) is 13.2 Å². The van der Waals surface area contributed by atoms with Crippen LogP contribution in [0.4, 0.5) is 0 Å². The maximum Gasteiger partial charge on any atom is 0.168 e. The van der Waals surface area contributed by atoms with Crippen LogP contribution in [-0.4, -0.2) is 25.0 Å². The highest BCUT2D eigenvalue weighted by Gasteiger charge is 2.43. The SMILES string of the molecule is C[C@H](NC[C@@H]1COC2(CCCC2)O1)c1cccc2ccccc12. The lowest BCUT2D eigenvalue weighted by molar-refractivity contribution is -0.161. The van der Waals surface area contributed by atoms with Crippen molar-refractivity contribution in [3.05, 3.63) is 48.0 Å². The molecule has 0 amide bonds. The fourth-order valence-corrected chi connectivity index (χ4v) is 3.94. The second-order valence-corrected chi connectivity index (χ2v) is 6.87. The van der Waals surface area contributed by atoms with E-state index in [4.69, 9.17) is 9.47 Å². The van der Waals surface area contributed by atoms with Gasteiger partial charge in [-0.15, -0.1) is 0 Å². The van der Waals surface area contributed by atoms with Crippen molar-refractivity contribution in [2.24, 2.45) is 0 Å². The highest BCUT2D eigenvalue weighted by atomic mass is 16.7. The van der Waals surface area contributed by atoms with Gasteiger partial charge >= 0.3 is 0 Å². The van der Waals surface area contributed by atoms with Gasteiger partial charge in [-0.25, -0.2) is 0 Å². The molecule has 1 aliphatic carbocycles. The Labute approximate surface area is 138 Å². The molecule has 2 aromatic carbocycles. The minimum absolute atomic E-state index is 0.172. The molecule has 1 spiro atoms. The van der Waals surface area contributed by atoms with Crippen LogP contribution in [0.3, 0.4) is 0 Å². The number of ether oxygens (including phenoxy) is 2. The molecule has 2 atom stereocenters. The van der Waals surface area contributed by atoms with E-state index in [0.29, 0.717) is 6.04 Å². The van der Waals surface area contributed by atoms with Crippen molar-refractivity contribution >= 4 is 10.8 Å². The summed E-state index contributed by atoms with van der Waals surface area (Å²) in [5.74, 6) is -0.255. The Morgan fingerprint density at radius 3 is 2.78 bits per heavy atom. The highest BCUT2D eigenvalue weighted by Crippen LogP contribution is 2.39. The van der Waals surface area contributed by atoms with E-state index < -0.39 is 0 Å². The summed E-state index contributed by atoms with van der Waals surface area (Å²) in [5.41, 5.74) is 1.34. The van der Waals surface area contributed by atoms with Gasteiger partial charge < -0.3 is 14.8 Å². The number of rotatable bonds is 4. The fraction of sp³-hybridized carbons (Fsp3) is 0.500. The second kappa shape index (κ2) is 6.23. The summed E-state index contributed by atoms with van der Waals surface area (Å²) in [6.45, 7) is 3.78. The van der Waals surface area contributed by atoms with Crippen molar-refractivity contribution in [2.45, 2.75) is 50.5 Å². The first-order valence-corrected chi connectivity index (χ1v) is 8.79. The number of hydrogen-bond acceptors (Lipinski definition) is 3. The molecule has 0 radical (unpaired) electrons. The Morgan fingerprint density at radius 1 is 1.13 bits per heavy atom. The lowest BCUT2D eigenvalue weighted by atomic mass is 9.99. The van der Waals surface area contributed by atoms with Crippen LogP contribution in [-0.2, 0) is 9.47 Å². The van der Waals surface area contributed by atoms with Crippen molar-refractivity contribution < 1.29 is 9.47 Å². The molecule has 0 bridgehead atoms. The lowest BCUT2D eigenvalue weighted by Crippen LogP contribution is -2.33. The van der Waals surface area contributed by atoms with E-state index in [1.807, 2.05) is 0 Å². The number of hydrogen-bond donors (Lipinski definition) is 1. The lowest BCUT2D eigenvalue weighted by Gasteiger charge is -2.23. The van der Waals surface area contributed by atoms with Crippen molar-refractivity contribution in [1.82, 2.24) is 5.32 Å². The fourth-order valence-electron chi connectivity index (χ4n) is 3.94. The zero-order chi connectivity index (χ0) is 15.7. The van der Waals surface area contributed by atoms with Crippen molar-refractivity contribution in [1.29, 1.82) is 0 Å². The third-order valence-corrected chi connectivity index (χ3v) is 5.22. The van der Waals surface area contributed by atoms with Gasteiger partial charge in [-0.1, -0.05) is 42.5 Å². The summed E-state index contributed by atoms with van der Waals surface area (Å²) < 4.78 is 12.2. The molecule has 2 fully saturated rings. The quantitative estimate of drug-likeness (QED) is 0.919. The van der Waals surface area contributed by atoms with Gasteiger partial charge in [-0.2, -0.15) is 0 Å². The van der Waals surface area contributed by atoms with Crippen LogP contribution >= 0.6 is 0 Å². The van der Waals surface area contributed by atoms with E-state index >= 15 is 0 Å². The van der Waals surface area contributed by atoms with Crippen LogP contribution in [0.15, 0.2) is 42.5 Å². The molecule has 1 saturated heterocycles. The standard InChI is InChI=1S/C20H25NO2/c1-15(18-10-6-8-16-7-2-3-9-19(16)18)21-13-17-14-22-20(23-17)11-4-5-12-20/h2-3,6-10,15,17,21H,4-5,11-14H2,1H3/t15-,17+/m0/s1. The summed E-state index contributed by atoms with van der Waals surface area (Å²) in [4.78, 5) is 0. The maximum atomic E-state index is 6.20. The molecule has 1 heterocycles. The zero-order valence-electron chi connectivity index (χ0n) is 13.8. The topological polar surface area (TPSA) is 30.5 Å². The largest absolute Gasteiger partial charge is 0.347 e. The number of nitrogens with one attached hydrogen (secondary N) is 1. The number of benzene rings is 2. The minimum atomic E-state index is -0.255. The predicted molar refractivity (Wildman–Crippen MR) is 92.4 cm³/mol. The molecule has 1 N–H and O–H groups in total. The molecule has 2 aromatic rings. The van der Waals surface area contributed by atoms with Gasteiger partial charge in [0, 0.05) is 25.4 Å². The smallest absolute Gasteiger partial charge is 0.168 e. The van der Waals surface area contributed by atoms with Gasteiger partial charge in [-0.3, -0.25) is 0 Å². The van der Waals surface area contributed by atoms with Crippen molar-refractivity contribution in [3.8, 4) is 0 Å². The zero-order valence-corrected chi connectivity index (χ0v) is 13.8. The van der Waals surface area contributed by atoms with Crippen molar-refractivity contribution in [3.63, 3.8) is 0 Å². The van der Waals surface area contributed by atoms with Crippen LogP contribution in [0, 0.1) is 0 Å². The van der Waals surface area contributed by atoms with E-state index in [0.717, 1.165) is 26.0 Å². The summed E-state index contributed by atoms with van der Waals surface area (Å²) >= 11 is 0. The van der Waals surface area contributed by atoms with Crippen LogP contribution in [0.2, 0.25) is 0 Å². The molecule has 2 aliphatic rings. The van der Waals surface area contributed by atoms with Gasteiger partial charge in [0.2, 0.25) is 0 Å². The summed E-state index contributed by atoms with van der Waals surface area (Å²) in [6, 6.07) is 15.4. The van der Waals surface area contributed by atoms with E-state index in [9.17, 15) is 0 Å². The molecule has 0 unspecified atom stereocenters. The van der Waals surface area contributed by atoms with Crippen LogP contribution in [0.5, 0.6) is 0 Å². The van der Waals surface area contributed by atoms with E-state index in [2.05, 4.69) is 54.7 Å². The normalized spacial score (nSPS) is 24.5. The maximum absolute atomic E-state index is 6.20. The van der Waals surface area contributed by atoms with Crippen LogP contribution < -0.4 is 5.32 Å². The van der Waals surface area contributed by atoms with Gasteiger partial charge in [0.15, 0.2) is 5.79 Å². The average molecular weight is 311 g/mol. The monoisotopic (exact) mass is 311 g/mol. The minimum Gasteiger partial charge on any atom is -0.347 e. The van der Waals surface area contributed by atoms with Gasteiger partial charge in [-0.05, 0) is 36.1 Å². The molecule has 3 nitrogen and oxygen atoms in total. The van der Waals surface area contributed by atoms with E-state index in [1.165, 1.54) is 29.2 Å². The van der Waals surface area contributed by atoms with Gasteiger partial charge in [0.05, 0.1) is 12.7 Å². The van der Waals surface area contributed by atoms with E-state index in [1.54, 1.807) is 0 Å². The third-order valence-electron chi connectivity index (χ3n) is 5.22. The predicted octanol–water partition coefficient (Wildman–Crippen LogP) is 4.18. The Balaban J connectivity index is 1.41. The van der Waals surface area contributed by atoms with Crippen LogP contribution in [0.1, 0.15) is 44.2 Å². The molecule has 1 saturated carbocycles. The first kappa shape index (κ1) is 15.1. The summed E-state index contributed by atoms with van der Waals surface area (Å²) in [5, 5.41) is 6.25. The molecule has 0 aromatic heterocycles. The first-order chi connectivity index (χ1) is 11.3. The molecular formula is C20H25NO2. The van der Waals surface area contributed by atoms with Gasteiger partial charge in [0.1, 0.15) is 0 Å². The Kier molecular flexibility index (Phi) is 4.10.